The third kappa shape index (κ3) is 2.75. The largest absolute Gasteiger partial charge is 0.477 e. The predicted octanol–water partition coefficient (Wildman–Crippen LogP) is 4.24. The molecule has 2 aromatic rings. The molecule has 1 amide bonds. The monoisotopic (exact) mass is 359 g/mol. The first-order valence-electron chi connectivity index (χ1n) is 6.71. The molecule has 9 heteroatoms. The highest BCUT2D eigenvalue weighted by atomic mass is 32.1. The molecule has 2 heterocycles. The molecule has 0 bridgehead atoms. The zero-order chi connectivity index (χ0) is 17.6. The van der Waals surface area contributed by atoms with Gasteiger partial charge in [-0.1, -0.05) is 12.1 Å². The summed E-state index contributed by atoms with van der Waals surface area (Å²) < 4.78 is 52.7. The summed E-state index contributed by atoms with van der Waals surface area (Å²) in [5.74, 6) is -4.89. The molecule has 0 aliphatic carbocycles. The molecule has 126 valence electrons. The summed E-state index contributed by atoms with van der Waals surface area (Å²) in [7, 11) is 0. The van der Waals surface area contributed by atoms with Gasteiger partial charge in [0, 0.05) is 16.9 Å². The van der Waals surface area contributed by atoms with E-state index in [2.05, 4.69) is 5.32 Å². The van der Waals surface area contributed by atoms with Crippen molar-refractivity contribution in [2.45, 2.75) is 18.5 Å². The number of amides is 1. The molecular formula is C15H9F4NO3S. The molecule has 4 nitrogen and oxygen atoms in total. The van der Waals surface area contributed by atoms with Crippen LogP contribution in [-0.2, 0) is 4.79 Å². The fourth-order valence-electron chi connectivity index (χ4n) is 2.59. The maximum atomic E-state index is 13.2. The van der Waals surface area contributed by atoms with Crippen LogP contribution < -0.4 is 5.32 Å². The number of alkyl halides is 3. The minimum atomic E-state index is -4.67. The summed E-state index contributed by atoms with van der Waals surface area (Å²) >= 11 is 0.478. The summed E-state index contributed by atoms with van der Waals surface area (Å²) in [6.07, 6.45) is -5.47. The number of nitrogens with one attached hydrogen (secondary N) is 1. The molecule has 0 saturated carbocycles. The number of carbonyl (C=O) groups is 2. The predicted molar refractivity (Wildman–Crippen MR) is 78.7 cm³/mol. The zero-order valence-electron chi connectivity index (χ0n) is 11.8. The van der Waals surface area contributed by atoms with Gasteiger partial charge in [0.05, 0.1) is 5.69 Å². The van der Waals surface area contributed by atoms with E-state index in [0.29, 0.717) is 11.3 Å². The minimum Gasteiger partial charge on any atom is -0.477 e. The molecule has 1 aliphatic heterocycles. The van der Waals surface area contributed by atoms with Crippen molar-refractivity contribution in [3.05, 3.63) is 39.8 Å². The van der Waals surface area contributed by atoms with Crippen LogP contribution in [0.5, 0.6) is 0 Å². The topological polar surface area (TPSA) is 66.4 Å². The van der Waals surface area contributed by atoms with Gasteiger partial charge in [-0.05, 0) is 17.7 Å². The molecule has 0 radical (unpaired) electrons. The number of fused-ring (bicyclic) bond motifs is 1. The molecule has 3 rings (SSSR count). The Balaban J connectivity index is 2.26. The number of hydrogen-bond acceptors (Lipinski definition) is 3. The number of carbonyl (C=O) groups excluding carboxylic acids is 1. The van der Waals surface area contributed by atoms with Crippen LogP contribution >= 0.6 is 11.3 Å². The Kier molecular flexibility index (Phi) is 3.83. The van der Waals surface area contributed by atoms with Crippen molar-refractivity contribution in [2.24, 2.45) is 0 Å². The molecule has 0 fully saturated rings. The average Bonchev–Trinajstić information content (AvgIpc) is 2.85. The van der Waals surface area contributed by atoms with Crippen molar-refractivity contribution in [1.29, 1.82) is 0 Å². The third-order valence-corrected chi connectivity index (χ3v) is 4.92. The fourth-order valence-corrected chi connectivity index (χ4v) is 3.84. The van der Waals surface area contributed by atoms with Gasteiger partial charge in [-0.2, -0.15) is 13.2 Å². The Hall–Kier alpha value is -2.42. The maximum Gasteiger partial charge on any atom is 0.397 e. The normalized spacial score (nSPS) is 17.3. The second-order valence-electron chi connectivity index (χ2n) is 5.20. The van der Waals surface area contributed by atoms with E-state index in [-0.39, 0.29) is 26.6 Å². The molecule has 1 atom stereocenters. The van der Waals surface area contributed by atoms with Gasteiger partial charge in [0.1, 0.15) is 16.6 Å². The SMILES string of the molecule is O=C1C[C@@H](C(F)(F)F)c2sc(C(=O)O)c(-c3ccc(F)cc3)c2N1. The van der Waals surface area contributed by atoms with Crippen molar-refractivity contribution in [2.75, 3.05) is 5.32 Å². The first kappa shape index (κ1) is 16.4. The van der Waals surface area contributed by atoms with Crippen molar-refractivity contribution >= 4 is 28.9 Å². The molecule has 24 heavy (non-hydrogen) atoms. The molecule has 0 saturated heterocycles. The summed E-state index contributed by atoms with van der Waals surface area (Å²) in [5.41, 5.74) is 0.0156. The fraction of sp³-hybridized carbons (Fsp3) is 0.200. The second kappa shape index (κ2) is 5.59. The van der Waals surface area contributed by atoms with Gasteiger partial charge < -0.3 is 10.4 Å². The standard InChI is InChI=1S/C15H9F4NO3S/c16-7-3-1-6(2-4-7)10-11-12(24-13(10)14(22)23)8(15(17,18)19)5-9(21)20-11/h1-4,8H,5H2,(H,20,21)(H,22,23)/t8-/m1/s1. The lowest BCUT2D eigenvalue weighted by molar-refractivity contribution is -0.156. The van der Waals surface area contributed by atoms with Gasteiger partial charge in [-0.25, -0.2) is 9.18 Å². The van der Waals surface area contributed by atoms with Crippen LogP contribution in [0.1, 0.15) is 26.9 Å². The number of halogens is 4. The first-order valence-corrected chi connectivity index (χ1v) is 7.52. The minimum absolute atomic E-state index is 0.0372. The van der Waals surface area contributed by atoms with E-state index in [1.54, 1.807) is 0 Å². The quantitative estimate of drug-likeness (QED) is 0.788. The van der Waals surface area contributed by atoms with E-state index in [1.807, 2.05) is 0 Å². The van der Waals surface area contributed by atoms with Gasteiger partial charge in [0.2, 0.25) is 5.91 Å². The Bertz CT molecular complexity index is 826. The highest BCUT2D eigenvalue weighted by Gasteiger charge is 2.47. The van der Waals surface area contributed by atoms with Crippen molar-refractivity contribution in [3.63, 3.8) is 0 Å². The lowest BCUT2D eigenvalue weighted by atomic mass is 9.94. The number of thiophene rings is 1. The highest BCUT2D eigenvalue weighted by molar-refractivity contribution is 7.15. The number of anilines is 1. The summed E-state index contributed by atoms with van der Waals surface area (Å²) in [6, 6.07) is 4.65. The lowest BCUT2D eigenvalue weighted by Gasteiger charge is -2.25. The van der Waals surface area contributed by atoms with Gasteiger partial charge >= 0.3 is 12.1 Å². The van der Waals surface area contributed by atoms with Gasteiger partial charge in [-0.3, -0.25) is 4.79 Å². The number of aromatic carboxylic acids is 1. The number of rotatable bonds is 2. The molecule has 0 unspecified atom stereocenters. The van der Waals surface area contributed by atoms with Gasteiger partial charge in [-0.15, -0.1) is 11.3 Å². The molecule has 1 aromatic carbocycles. The van der Waals surface area contributed by atoms with E-state index < -0.39 is 36.2 Å². The van der Waals surface area contributed by atoms with Crippen LogP contribution in [0, 0.1) is 5.82 Å². The Labute approximate surface area is 136 Å². The van der Waals surface area contributed by atoms with Crippen LogP contribution in [-0.4, -0.2) is 23.2 Å². The van der Waals surface area contributed by atoms with E-state index in [1.165, 1.54) is 12.1 Å². The van der Waals surface area contributed by atoms with Crippen molar-refractivity contribution < 1.29 is 32.3 Å². The Morgan fingerprint density at radius 2 is 1.88 bits per heavy atom. The summed E-state index contributed by atoms with van der Waals surface area (Å²) in [6.45, 7) is 0. The van der Waals surface area contributed by atoms with Gasteiger partial charge in [0.15, 0.2) is 0 Å². The zero-order valence-corrected chi connectivity index (χ0v) is 12.6. The Morgan fingerprint density at radius 3 is 2.42 bits per heavy atom. The van der Waals surface area contributed by atoms with Crippen LogP contribution in [0.3, 0.4) is 0 Å². The van der Waals surface area contributed by atoms with Crippen LogP contribution in [0.15, 0.2) is 24.3 Å². The number of benzene rings is 1. The van der Waals surface area contributed by atoms with E-state index in [4.69, 9.17) is 0 Å². The molecule has 1 aromatic heterocycles. The lowest BCUT2D eigenvalue weighted by Crippen LogP contribution is -2.30. The van der Waals surface area contributed by atoms with Crippen LogP contribution in [0.2, 0.25) is 0 Å². The van der Waals surface area contributed by atoms with Crippen LogP contribution in [0.25, 0.3) is 11.1 Å². The number of carboxylic acids is 1. The third-order valence-electron chi connectivity index (χ3n) is 3.63. The maximum absolute atomic E-state index is 13.2. The van der Waals surface area contributed by atoms with E-state index in [0.717, 1.165) is 12.1 Å². The molecule has 2 N–H and O–H groups in total. The highest BCUT2D eigenvalue weighted by Crippen LogP contribution is 2.52. The molecule has 1 aliphatic rings. The molecular weight excluding hydrogens is 350 g/mol. The average molecular weight is 359 g/mol. The Morgan fingerprint density at radius 1 is 1.25 bits per heavy atom. The second-order valence-corrected chi connectivity index (χ2v) is 6.26. The first-order chi connectivity index (χ1) is 11.2. The summed E-state index contributed by atoms with van der Waals surface area (Å²) in [4.78, 5) is 22.6. The number of hydrogen-bond donors (Lipinski definition) is 2. The van der Waals surface area contributed by atoms with Crippen molar-refractivity contribution in [3.8, 4) is 11.1 Å². The molecule has 0 spiro atoms. The van der Waals surface area contributed by atoms with Gasteiger partial charge in [0.25, 0.3) is 0 Å². The van der Waals surface area contributed by atoms with E-state index >= 15 is 0 Å². The van der Waals surface area contributed by atoms with Crippen molar-refractivity contribution in [1.82, 2.24) is 0 Å². The van der Waals surface area contributed by atoms with Crippen LogP contribution in [0.4, 0.5) is 23.2 Å². The van der Waals surface area contributed by atoms with E-state index in [9.17, 15) is 32.3 Å². The summed E-state index contributed by atoms with van der Waals surface area (Å²) in [5, 5.41) is 11.7. The smallest absolute Gasteiger partial charge is 0.397 e. The number of carboxylic acid groups (broad SMARTS) is 1.